The third-order valence-corrected chi connectivity index (χ3v) is 16.0. The van der Waals surface area contributed by atoms with Gasteiger partial charge < -0.3 is 40.9 Å². The number of amides is 3. The molecule has 0 bridgehead atoms. The van der Waals surface area contributed by atoms with Crippen LogP contribution in [0.3, 0.4) is 0 Å². The number of hydrogen-bond acceptors (Lipinski definition) is 16. The molecule has 22 heteroatoms. The van der Waals surface area contributed by atoms with E-state index in [2.05, 4.69) is 50.9 Å². The van der Waals surface area contributed by atoms with Crippen LogP contribution < -0.4 is 35.2 Å². The van der Waals surface area contributed by atoms with Crippen molar-refractivity contribution in [1.82, 2.24) is 40.3 Å². The van der Waals surface area contributed by atoms with Gasteiger partial charge in [0.25, 0.3) is 0 Å². The lowest BCUT2D eigenvalue weighted by Crippen LogP contribution is -2.60. The summed E-state index contributed by atoms with van der Waals surface area (Å²) in [4.78, 5) is 63.9. The van der Waals surface area contributed by atoms with Crippen LogP contribution in [0.25, 0.3) is 10.4 Å². The Kier molecular flexibility index (Phi) is 16.4. The fourth-order valence-electron chi connectivity index (χ4n) is 9.44. The summed E-state index contributed by atoms with van der Waals surface area (Å²) in [6, 6.07) is 19.0. The maximum absolute atomic E-state index is 14.2. The number of ether oxygens (including phenoxy) is 1. The number of piperazine rings is 1. The van der Waals surface area contributed by atoms with E-state index in [-0.39, 0.29) is 60.6 Å². The van der Waals surface area contributed by atoms with Crippen LogP contribution in [-0.4, -0.2) is 158 Å². The monoisotopic (exact) mass is 1060 g/mol. The van der Waals surface area contributed by atoms with Gasteiger partial charge in [0.2, 0.25) is 33.7 Å². The van der Waals surface area contributed by atoms with Gasteiger partial charge in [0.15, 0.2) is 5.82 Å². The molecule has 390 valence electrons. The minimum Gasteiger partial charge on any atom is -0.494 e. The van der Waals surface area contributed by atoms with Gasteiger partial charge in [0, 0.05) is 84.1 Å². The number of halogens is 1. The highest BCUT2D eigenvalue weighted by molar-refractivity contribution is 7.92. The fraction of sp³-hybridized carbons (Fsp3) is 0.451. The number of carbonyl (C=O) groups is 3. The average Bonchev–Trinajstić information content (AvgIpc) is 3.97. The number of aliphatic hydroxyl groups is 1. The largest absolute Gasteiger partial charge is 0.494 e. The second kappa shape index (κ2) is 22.6. The molecule has 0 saturated carbocycles. The van der Waals surface area contributed by atoms with E-state index in [9.17, 15) is 27.9 Å². The zero-order valence-corrected chi connectivity index (χ0v) is 44.7. The first-order valence-corrected chi connectivity index (χ1v) is 27.4. The minimum atomic E-state index is -3.52. The normalized spacial score (nSPS) is 18.2. The lowest BCUT2D eigenvalue weighted by molar-refractivity contribution is -0.144. The van der Waals surface area contributed by atoms with Gasteiger partial charge in [-0.2, -0.15) is 4.98 Å². The zero-order chi connectivity index (χ0) is 52.2. The number of aryl methyl sites for hydroxylation is 1. The molecular weight excluding hydrogens is 992 g/mol. The standard InChI is InChI=1S/C51H65ClN12O7S2/c1-32-45(72-31-55-32)35-14-12-33(13-15-35)24-53-48(67)42-23-37(65)29-64(42)49(68)46(51(2,3)4)58-44(66)30-62-27-34(28-62)26-61-18-20-63(21-19-61)36-16-17-40(43(22-36)71-6)57-50-54-25-38(52)47(59-50)56-39-10-8-9-11-41(39)60(5)73(7,69)70/h8-17,22,25,31,34,37,42,46,65H,18-21,23-24,26-30H2,1-7H3,(H,53,67)(H,58,66)(H2,54,56,57,59)/t37-,42+,46-/m1/s1. The second-order valence-corrected chi connectivity index (χ2v) is 23.3. The number of rotatable bonds is 18. The number of methoxy groups -OCH3 is 1. The lowest BCUT2D eigenvalue weighted by Gasteiger charge is -2.44. The number of aromatic nitrogens is 3. The molecule has 3 aliphatic heterocycles. The number of anilines is 6. The molecule has 3 saturated heterocycles. The molecule has 3 aromatic carbocycles. The molecule has 0 radical (unpaired) electrons. The first-order valence-electron chi connectivity index (χ1n) is 24.3. The van der Waals surface area contributed by atoms with E-state index >= 15 is 0 Å². The van der Waals surface area contributed by atoms with Gasteiger partial charge in [-0.15, -0.1) is 11.3 Å². The maximum Gasteiger partial charge on any atom is 0.246 e. The van der Waals surface area contributed by atoms with Crippen molar-refractivity contribution < 1.29 is 32.6 Å². The Balaban J connectivity index is 0.784. The molecule has 19 nitrogen and oxygen atoms in total. The van der Waals surface area contributed by atoms with E-state index < -0.39 is 33.6 Å². The van der Waals surface area contributed by atoms with Gasteiger partial charge in [-0.25, -0.2) is 18.4 Å². The van der Waals surface area contributed by atoms with E-state index in [0.29, 0.717) is 28.7 Å². The highest BCUT2D eigenvalue weighted by Gasteiger charge is 2.45. The molecule has 3 atom stereocenters. The van der Waals surface area contributed by atoms with Gasteiger partial charge in [-0.1, -0.05) is 68.8 Å². The number of nitrogens with one attached hydrogen (secondary N) is 4. The molecule has 3 fully saturated rings. The third-order valence-electron chi connectivity index (χ3n) is 13.5. The van der Waals surface area contributed by atoms with E-state index in [1.807, 2.05) is 75.7 Å². The van der Waals surface area contributed by atoms with Gasteiger partial charge in [-0.05, 0) is 53.6 Å². The molecule has 2 aromatic heterocycles. The third kappa shape index (κ3) is 13.0. The molecule has 3 aliphatic rings. The second-order valence-electron chi connectivity index (χ2n) is 20.1. The molecule has 5 aromatic rings. The van der Waals surface area contributed by atoms with Gasteiger partial charge in [0.1, 0.15) is 22.9 Å². The maximum atomic E-state index is 14.2. The molecule has 0 spiro atoms. The topological polar surface area (TPSA) is 218 Å². The number of para-hydroxylation sites is 2. The smallest absolute Gasteiger partial charge is 0.246 e. The summed E-state index contributed by atoms with van der Waals surface area (Å²) in [5.74, 6) is 0.571. The molecule has 8 rings (SSSR count). The molecular formula is C51H65ClN12O7S2. The van der Waals surface area contributed by atoms with Crippen LogP contribution in [0.1, 0.15) is 38.4 Å². The highest BCUT2D eigenvalue weighted by Crippen LogP contribution is 2.35. The number of hydrogen-bond donors (Lipinski definition) is 5. The first kappa shape index (κ1) is 53.2. The molecule has 5 heterocycles. The van der Waals surface area contributed by atoms with Crippen LogP contribution in [0, 0.1) is 18.3 Å². The number of sulfonamides is 1. The van der Waals surface area contributed by atoms with Crippen LogP contribution in [-0.2, 0) is 31.0 Å². The quantitative estimate of drug-likeness (QED) is 0.0751. The van der Waals surface area contributed by atoms with Crippen LogP contribution in [0.4, 0.5) is 34.5 Å². The SMILES string of the molecule is COc1cc(N2CCN(CC3CN(CC(=O)N[C@H](C(=O)N4C[C@H](O)C[C@H]4C(=O)NCc4ccc(-c5scnc5C)cc4)C(C)(C)C)C3)CC2)ccc1Nc1ncc(Cl)c(Nc2ccccc2N(C)S(C)(=O)=O)n1. The first-order chi connectivity index (χ1) is 34.7. The number of benzene rings is 3. The number of likely N-dealkylation sites (tertiary alicyclic amines) is 2. The highest BCUT2D eigenvalue weighted by atomic mass is 35.5. The van der Waals surface area contributed by atoms with Crippen molar-refractivity contribution in [3.63, 3.8) is 0 Å². The van der Waals surface area contributed by atoms with Crippen molar-refractivity contribution in [3.05, 3.63) is 94.7 Å². The van der Waals surface area contributed by atoms with Crippen molar-refractivity contribution in [2.24, 2.45) is 11.3 Å². The number of aliphatic hydroxyl groups excluding tert-OH is 1. The summed E-state index contributed by atoms with van der Waals surface area (Å²) in [6.45, 7) is 13.9. The lowest BCUT2D eigenvalue weighted by atomic mass is 9.85. The number of nitrogens with zero attached hydrogens (tertiary/aromatic N) is 8. The summed E-state index contributed by atoms with van der Waals surface area (Å²) in [5, 5.41) is 23.3. The summed E-state index contributed by atoms with van der Waals surface area (Å²) in [5.41, 5.74) is 6.69. The summed E-state index contributed by atoms with van der Waals surface area (Å²) in [7, 11) is -0.441. The van der Waals surface area contributed by atoms with E-state index in [4.69, 9.17) is 16.3 Å². The zero-order valence-electron chi connectivity index (χ0n) is 42.3. The van der Waals surface area contributed by atoms with Crippen LogP contribution in [0.2, 0.25) is 5.02 Å². The van der Waals surface area contributed by atoms with Crippen molar-refractivity contribution in [3.8, 4) is 16.2 Å². The fourth-order valence-corrected chi connectivity index (χ4v) is 10.9. The average molecular weight is 1060 g/mol. The summed E-state index contributed by atoms with van der Waals surface area (Å²) < 4.78 is 31.6. The number of thiazole rings is 1. The van der Waals surface area contributed by atoms with Crippen molar-refractivity contribution in [2.45, 2.75) is 58.8 Å². The minimum absolute atomic E-state index is 0.0124. The summed E-state index contributed by atoms with van der Waals surface area (Å²) in [6.07, 6.45) is 1.86. The molecule has 0 unspecified atom stereocenters. The number of β-amino-alcohol motifs (C(OH)–C–C–N with tert-alkyl or cyclic N) is 1. The van der Waals surface area contributed by atoms with Gasteiger partial charge in [0.05, 0.1) is 65.4 Å². The van der Waals surface area contributed by atoms with Crippen LogP contribution in [0.5, 0.6) is 5.75 Å². The molecule has 0 aliphatic carbocycles. The molecule has 73 heavy (non-hydrogen) atoms. The van der Waals surface area contributed by atoms with Gasteiger partial charge >= 0.3 is 0 Å². The van der Waals surface area contributed by atoms with E-state index in [1.54, 1.807) is 42.7 Å². The van der Waals surface area contributed by atoms with Crippen molar-refractivity contribution >= 4 is 85.2 Å². The Morgan fingerprint density at radius 1 is 0.959 bits per heavy atom. The Hall–Kier alpha value is -6.10. The van der Waals surface area contributed by atoms with Crippen LogP contribution >= 0.6 is 22.9 Å². The predicted molar refractivity (Wildman–Crippen MR) is 287 cm³/mol. The Morgan fingerprint density at radius 2 is 1.68 bits per heavy atom. The predicted octanol–water partition coefficient (Wildman–Crippen LogP) is 5.32. The van der Waals surface area contributed by atoms with Crippen molar-refractivity contribution in [2.75, 3.05) is 99.2 Å². The van der Waals surface area contributed by atoms with E-state index in [0.717, 1.165) is 79.5 Å². The van der Waals surface area contributed by atoms with Gasteiger partial charge in [-0.3, -0.25) is 28.5 Å². The number of carbonyl (C=O) groups excluding carboxylic acids is 3. The molecule has 3 amide bonds. The van der Waals surface area contributed by atoms with E-state index in [1.165, 1.54) is 22.4 Å². The van der Waals surface area contributed by atoms with Crippen LogP contribution in [0.15, 0.2) is 78.4 Å². The molecule has 5 N–H and O–H groups in total. The Labute approximate surface area is 436 Å². The van der Waals surface area contributed by atoms with Crippen molar-refractivity contribution in [1.29, 1.82) is 0 Å². The summed E-state index contributed by atoms with van der Waals surface area (Å²) >= 11 is 8.06. The Bertz CT molecular complexity index is 2890. The Morgan fingerprint density at radius 3 is 2.36 bits per heavy atom.